The number of nitrogens with one attached hydrogen (secondary N) is 1. The first-order valence-electron chi connectivity index (χ1n) is 8.12. The molecule has 1 aliphatic rings. The van der Waals surface area contributed by atoms with Gasteiger partial charge < -0.3 is 15.0 Å². The normalized spacial score (nSPS) is 14.2. The minimum absolute atomic E-state index is 0.0253. The van der Waals surface area contributed by atoms with Gasteiger partial charge in [-0.1, -0.05) is 18.2 Å². The molecule has 0 saturated carbocycles. The van der Waals surface area contributed by atoms with E-state index in [1.807, 2.05) is 35.7 Å². The largest absolute Gasteiger partial charge is 0.378 e. The molecular formula is C17H20N4O3S. The molecule has 1 aliphatic heterocycles. The van der Waals surface area contributed by atoms with Crippen LogP contribution in [0.15, 0.2) is 41.9 Å². The number of urea groups is 1. The lowest BCUT2D eigenvalue weighted by Gasteiger charge is -2.28. The molecule has 0 atom stereocenters. The molecule has 7 nitrogen and oxygen atoms in total. The summed E-state index contributed by atoms with van der Waals surface area (Å²) >= 11 is 1.37. The van der Waals surface area contributed by atoms with Crippen LogP contribution in [-0.2, 0) is 9.53 Å². The number of para-hydroxylation sites is 1. The lowest BCUT2D eigenvalue weighted by molar-refractivity contribution is -0.135. The highest BCUT2D eigenvalue weighted by molar-refractivity contribution is 7.13. The van der Waals surface area contributed by atoms with E-state index in [0.29, 0.717) is 37.1 Å². The number of ether oxygens (including phenoxy) is 1. The van der Waals surface area contributed by atoms with Crippen LogP contribution >= 0.6 is 11.3 Å². The Labute approximate surface area is 150 Å². The molecule has 2 aromatic rings. The van der Waals surface area contributed by atoms with Crippen molar-refractivity contribution in [2.45, 2.75) is 6.42 Å². The van der Waals surface area contributed by atoms with Gasteiger partial charge in [0, 0.05) is 43.3 Å². The first-order chi connectivity index (χ1) is 12.2. The summed E-state index contributed by atoms with van der Waals surface area (Å²) in [6, 6.07) is 8.93. The number of aromatic nitrogens is 1. The Morgan fingerprint density at radius 3 is 2.68 bits per heavy atom. The standard InChI is InChI=1S/C17H20N4O3S/c22-15(20-9-11-24-12-10-20)6-8-21(17-18-7-13-25-17)16(23)19-14-4-2-1-3-5-14/h1-5,7,13H,6,8-12H2,(H,19,23). The zero-order valence-electron chi connectivity index (χ0n) is 13.8. The summed E-state index contributed by atoms with van der Waals surface area (Å²) in [5.74, 6) is 0.0253. The summed E-state index contributed by atoms with van der Waals surface area (Å²) in [5.41, 5.74) is 0.702. The molecule has 3 amide bonds. The van der Waals surface area contributed by atoms with Crippen molar-refractivity contribution in [2.24, 2.45) is 0 Å². The number of thiazole rings is 1. The topological polar surface area (TPSA) is 74.8 Å². The van der Waals surface area contributed by atoms with Crippen molar-refractivity contribution in [3.8, 4) is 0 Å². The van der Waals surface area contributed by atoms with E-state index in [4.69, 9.17) is 4.74 Å². The predicted molar refractivity (Wildman–Crippen MR) is 96.9 cm³/mol. The van der Waals surface area contributed by atoms with E-state index >= 15 is 0 Å². The molecule has 0 radical (unpaired) electrons. The first-order valence-corrected chi connectivity index (χ1v) is 9.00. The molecule has 3 rings (SSSR count). The third-order valence-electron chi connectivity index (χ3n) is 3.83. The Kier molecular flexibility index (Phi) is 5.97. The number of benzene rings is 1. The van der Waals surface area contributed by atoms with Gasteiger partial charge in [-0.2, -0.15) is 0 Å². The second-order valence-electron chi connectivity index (χ2n) is 5.51. The number of carbonyl (C=O) groups is 2. The highest BCUT2D eigenvalue weighted by Crippen LogP contribution is 2.19. The number of anilines is 2. The lowest BCUT2D eigenvalue weighted by Crippen LogP contribution is -2.43. The molecule has 1 fully saturated rings. The van der Waals surface area contributed by atoms with Crippen LogP contribution in [0.3, 0.4) is 0 Å². The minimum atomic E-state index is -0.295. The molecule has 25 heavy (non-hydrogen) atoms. The van der Waals surface area contributed by atoms with Crippen LogP contribution in [0.1, 0.15) is 6.42 Å². The molecule has 2 heterocycles. The van der Waals surface area contributed by atoms with E-state index in [1.165, 1.54) is 16.2 Å². The Morgan fingerprint density at radius 1 is 1.24 bits per heavy atom. The summed E-state index contributed by atoms with van der Waals surface area (Å²) in [4.78, 5) is 32.5. The van der Waals surface area contributed by atoms with Crippen LogP contribution in [0.5, 0.6) is 0 Å². The van der Waals surface area contributed by atoms with Crippen LogP contribution in [0.2, 0.25) is 0 Å². The molecule has 132 valence electrons. The fourth-order valence-corrected chi connectivity index (χ4v) is 3.19. The van der Waals surface area contributed by atoms with Crippen molar-refractivity contribution < 1.29 is 14.3 Å². The Morgan fingerprint density at radius 2 is 2.00 bits per heavy atom. The highest BCUT2D eigenvalue weighted by Gasteiger charge is 2.22. The van der Waals surface area contributed by atoms with Crippen molar-refractivity contribution in [2.75, 3.05) is 43.1 Å². The number of nitrogens with zero attached hydrogens (tertiary/aromatic N) is 3. The van der Waals surface area contributed by atoms with Gasteiger partial charge in [-0.3, -0.25) is 9.69 Å². The van der Waals surface area contributed by atoms with Crippen molar-refractivity contribution in [3.63, 3.8) is 0 Å². The van der Waals surface area contributed by atoms with E-state index in [9.17, 15) is 9.59 Å². The Bertz CT molecular complexity index is 687. The highest BCUT2D eigenvalue weighted by atomic mass is 32.1. The molecule has 0 aliphatic carbocycles. The molecule has 1 aromatic carbocycles. The molecule has 0 bridgehead atoms. The van der Waals surface area contributed by atoms with E-state index < -0.39 is 0 Å². The maximum Gasteiger partial charge on any atom is 0.328 e. The fraction of sp³-hybridized carbons (Fsp3) is 0.353. The zero-order valence-corrected chi connectivity index (χ0v) is 14.6. The Hall–Kier alpha value is -2.45. The zero-order chi connectivity index (χ0) is 17.5. The number of amides is 3. The maximum absolute atomic E-state index is 12.6. The SMILES string of the molecule is O=C(CCN(C(=O)Nc1ccccc1)c1nccs1)N1CCOCC1. The molecule has 0 spiro atoms. The average molecular weight is 360 g/mol. The van der Waals surface area contributed by atoms with Crippen molar-refractivity contribution in [1.29, 1.82) is 0 Å². The lowest BCUT2D eigenvalue weighted by atomic mass is 10.3. The number of hydrogen-bond donors (Lipinski definition) is 1. The molecule has 1 saturated heterocycles. The molecule has 1 aromatic heterocycles. The van der Waals surface area contributed by atoms with Gasteiger partial charge in [0.15, 0.2) is 5.13 Å². The third kappa shape index (κ3) is 4.77. The fourth-order valence-electron chi connectivity index (χ4n) is 2.52. The van der Waals surface area contributed by atoms with Crippen LogP contribution in [0.4, 0.5) is 15.6 Å². The minimum Gasteiger partial charge on any atom is -0.378 e. The molecular weight excluding hydrogens is 340 g/mol. The van der Waals surface area contributed by atoms with Crippen molar-refractivity contribution in [3.05, 3.63) is 41.9 Å². The van der Waals surface area contributed by atoms with Gasteiger partial charge in [0.25, 0.3) is 0 Å². The summed E-state index contributed by atoms with van der Waals surface area (Å²) in [6.45, 7) is 2.62. The monoisotopic (exact) mass is 360 g/mol. The Balaban J connectivity index is 1.63. The maximum atomic E-state index is 12.6. The summed E-state index contributed by atoms with van der Waals surface area (Å²) < 4.78 is 5.26. The molecule has 8 heteroatoms. The van der Waals surface area contributed by atoms with Crippen LogP contribution < -0.4 is 10.2 Å². The van der Waals surface area contributed by atoms with Gasteiger partial charge in [-0.05, 0) is 12.1 Å². The number of morpholine rings is 1. The number of hydrogen-bond acceptors (Lipinski definition) is 5. The van der Waals surface area contributed by atoms with Crippen LogP contribution in [0.25, 0.3) is 0 Å². The van der Waals surface area contributed by atoms with Gasteiger partial charge in [-0.15, -0.1) is 11.3 Å². The van der Waals surface area contributed by atoms with Gasteiger partial charge in [-0.25, -0.2) is 9.78 Å². The van der Waals surface area contributed by atoms with E-state index in [2.05, 4.69) is 10.3 Å². The smallest absolute Gasteiger partial charge is 0.328 e. The van der Waals surface area contributed by atoms with Crippen molar-refractivity contribution in [1.82, 2.24) is 9.88 Å². The first kappa shape index (κ1) is 17.4. The number of rotatable bonds is 5. The van der Waals surface area contributed by atoms with E-state index in [1.54, 1.807) is 11.1 Å². The summed E-state index contributed by atoms with van der Waals surface area (Å²) in [5, 5.41) is 5.22. The van der Waals surface area contributed by atoms with Gasteiger partial charge in [0.05, 0.1) is 13.2 Å². The van der Waals surface area contributed by atoms with E-state index in [0.717, 1.165) is 0 Å². The third-order valence-corrected chi connectivity index (χ3v) is 4.63. The molecule has 0 unspecified atom stereocenters. The predicted octanol–water partition coefficient (Wildman–Crippen LogP) is 2.43. The summed E-state index contributed by atoms with van der Waals surface area (Å²) in [6.07, 6.45) is 1.90. The van der Waals surface area contributed by atoms with Gasteiger partial charge in [0.1, 0.15) is 0 Å². The van der Waals surface area contributed by atoms with Gasteiger partial charge >= 0.3 is 6.03 Å². The quantitative estimate of drug-likeness (QED) is 0.889. The average Bonchev–Trinajstić information content (AvgIpc) is 3.17. The second kappa shape index (κ2) is 8.59. The van der Waals surface area contributed by atoms with Crippen molar-refractivity contribution >= 4 is 34.1 Å². The van der Waals surface area contributed by atoms with Crippen LogP contribution in [-0.4, -0.2) is 54.7 Å². The second-order valence-corrected chi connectivity index (χ2v) is 6.38. The van der Waals surface area contributed by atoms with Crippen LogP contribution in [0, 0.1) is 0 Å². The van der Waals surface area contributed by atoms with Gasteiger partial charge in [0.2, 0.25) is 5.91 Å². The summed E-state index contributed by atoms with van der Waals surface area (Å²) in [7, 11) is 0. The molecule has 1 N–H and O–H groups in total. The van der Waals surface area contributed by atoms with E-state index in [-0.39, 0.29) is 24.9 Å². The number of carbonyl (C=O) groups excluding carboxylic acids is 2.